The van der Waals surface area contributed by atoms with Gasteiger partial charge in [-0.1, -0.05) is 0 Å². The molecule has 22 heavy (non-hydrogen) atoms. The van der Waals surface area contributed by atoms with E-state index in [1.54, 1.807) is 0 Å². The SMILES string of the molecule is CCNC(=NCC(C)N1CCOCC1C)N1CCC(O)CC1. The van der Waals surface area contributed by atoms with E-state index in [2.05, 4.69) is 35.9 Å². The first-order valence-electron chi connectivity index (χ1n) is 8.66. The Balaban J connectivity index is 1.91. The molecular weight excluding hydrogens is 280 g/mol. The van der Waals surface area contributed by atoms with Crippen LogP contribution in [0.4, 0.5) is 0 Å². The van der Waals surface area contributed by atoms with Gasteiger partial charge in [0.1, 0.15) is 0 Å². The van der Waals surface area contributed by atoms with Crippen molar-refractivity contribution in [1.82, 2.24) is 15.1 Å². The van der Waals surface area contributed by atoms with E-state index in [1.807, 2.05) is 0 Å². The Bertz CT molecular complexity index is 356. The number of aliphatic hydroxyl groups is 1. The highest BCUT2D eigenvalue weighted by Crippen LogP contribution is 2.12. The van der Waals surface area contributed by atoms with E-state index < -0.39 is 0 Å². The number of nitrogens with one attached hydrogen (secondary N) is 1. The number of aliphatic hydroxyl groups excluding tert-OH is 1. The van der Waals surface area contributed by atoms with Crippen LogP contribution in [0, 0.1) is 0 Å². The molecule has 2 N–H and O–H groups in total. The van der Waals surface area contributed by atoms with Crippen molar-refractivity contribution < 1.29 is 9.84 Å². The van der Waals surface area contributed by atoms with Crippen molar-refractivity contribution in [2.75, 3.05) is 45.9 Å². The van der Waals surface area contributed by atoms with Gasteiger partial charge in [-0.3, -0.25) is 9.89 Å². The summed E-state index contributed by atoms with van der Waals surface area (Å²) in [6.07, 6.45) is 1.52. The van der Waals surface area contributed by atoms with Crippen LogP contribution in [0.1, 0.15) is 33.6 Å². The van der Waals surface area contributed by atoms with Crippen molar-refractivity contribution in [1.29, 1.82) is 0 Å². The average molecular weight is 312 g/mol. The molecule has 0 amide bonds. The van der Waals surface area contributed by atoms with E-state index >= 15 is 0 Å². The summed E-state index contributed by atoms with van der Waals surface area (Å²) in [5, 5.41) is 13.0. The predicted molar refractivity (Wildman–Crippen MR) is 89.2 cm³/mol. The van der Waals surface area contributed by atoms with Crippen LogP contribution < -0.4 is 5.32 Å². The van der Waals surface area contributed by atoms with Crippen LogP contribution in [0.5, 0.6) is 0 Å². The molecule has 0 saturated carbocycles. The molecule has 2 unspecified atom stereocenters. The van der Waals surface area contributed by atoms with E-state index in [1.165, 1.54) is 0 Å². The molecule has 6 nitrogen and oxygen atoms in total. The third-order valence-corrected chi connectivity index (χ3v) is 4.59. The number of hydrogen-bond donors (Lipinski definition) is 2. The van der Waals surface area contributed by atoms with Crippen LogP contribution >= 0.6 is 0 Å². The molecule has 2 atom stereocenters. The maximum absolute atomic E-state index is 9.65. The zero-order valence-electron chi connectivity index (χ0n) is 14.3. The minimum atomic E-state index is -0.146. The second-order valence-electron chi connectivity index (χ2n) is 6.42. The zero-order valence-corrected chi connectivity index (χ0v) is 14.3. The Morgan fingerprint density at radius 3 is 2.73 bits per heavy atom. The number of hydrogen-bond acceptors (Lipinski definition) is 4. The quantitative estimate of drug-likeness (QED) is 0.585. The third kappa shape index (κ3) is 4.83. The topological polar surface area (TPSA) is 60.3 Å². The van der Waals surface area contributed by atoms with Crippen molar-refractivity contribution in [2.24, 2.45) is 4.99 Å². The molecular formula is C16H32N4O2. The minimum Gasteiger partial charge on any atom is -0.393 e. The summed E-state index contributed by atoms with van der Waals surface area (Å²) < 4.78 is 5.51. The van der Waals surface area contributed by atoms with Gasteiger partial charge in [0.05, 0.1) is 25.9 Å². The van der Waals surface area contributed by atoms with Crippen molar-refractivity contribution >= 4 is 5.96 Å². The van der Waals surface area contributed by atoms with E-state index in [4.69, 9.17) is 9.73 Å². The van der Waals surface area contributed by atoms with Crippen molar-refractivity contribution in [2.45, 2.75) is 51.8 Å². The number of morpholine rings is 1. The summed E-state index contributed by atoms with van der Waals surface area (Å²) in [6.45, 7) is 12.6. The normalized spacial score (nSPS) is 27.0. The largest absolute Gasteiger partial charge is 0.393 e. The summed E-state index contributed by atoms with van der Waals surface area (Å²) in [7, 11) is 0. The summed E-state index contributed by atoms with van der Waals surface area (Å²) in [5.41, 5.74) is 0. The van der Waals surface area contributed by atoms with E-state index in [9.17, 15) is 5.11 Å². The van der Waals surface area contributed by atoms with Crippen LogP contribution in [0.2, 0.25) is 0 Å². The summed E-state index contributed by atoms with van der Waals surface area (Å²) in [6, 6.07) is 0.884. The molecule has 0 bridgehead atoms. The van der Waals surface area contributed by atoms with Gasteiger partial charge in [-0.05, 0) is 33.6 Å². The predicted octanol–water partition coefficient (Wildman–Crippen LogP) is 0.518. The first-order valence-corrected chi connectivity index (χ1v) is 8.66. The monoisotopic (exact) mass is 312 g/mol. The number of piperidine rings is 1. The van der Waals surface area contributed by atoms with Gasteiger partial charge in [-0.25, -0.2) is 0 Å². The molecule has 2 aliphatic rings. The van der Waals surface area contributed by atoms with Crippen LogP contribution in [-0.4, -0.2) is 85.0 Å². The van der Waals surface area contributed by atoms with Gasteiger partial charge < -0.3 is 20.1 Å². The lowest BCUT2D eigenvalue weighted by Crippen LogP contribution is -2.50. The fraction of sp³-hybridized carbons (Fsp3) is 0.938. The second-order valence-corrected chi connectivity index (χ2v) is 6.42. The molecule has 0 aromatic heterocycles. The van der Waals surface area contributed by atoms with E-state index in [0.717, 1.165) is 64.7 Å². The van der Waals surface area contributed by atoms with Gasteiger partial charge in [-0.2, -0.15) is 0 Å². The smallest absolute Gasteiger partial charge is 0.193 e. The van der Waals surface area contributed by atoms with E-state index in [-0.39, 0.29) is 6.10 Å². The molecule has 2 heterocycles. The molecule has 2 rings (SSSR count). The van der Waals surface area contributed by atoms with Crippen molar-refractivity contribution in [3.05, 3.63) is 0 Å². The maximum Gasteiger partial charge on any atom is 0.193 e. The van der Waals surface area contributed by atoms with Gasteiger partial charge >= 0.3 is 0 Å². The molecule has 2 fully saturated rings. The van der Waals surface area contributed by atoms with Gasteiger partial charge in [0.15, 0.2) is 5.96 Å². The lowest BCUT2D eigenvalue weighted by molar-refractivity contribution is -0.0166. The highest BCUT2D eigenvalue weighted by atomic mass is 16.5. The van der Waals surface area contributed by atoms with Crippen LogP contribution in [-0.2, 0) is 4.74 Å². The van der Waals surface area contributed by atoms with E-state index in [0.29, 0.717) is 12.1 Å². The molecule has 6 heteroatoms. The number of rotatable bonds is 4. The Hall–Kier alpha value is -0.850. The first-order chi connectivity index (χ1) is 10.6. The van der Waals surface area contributed by atoms with Crippen molar-refractivity contribution in [3.63, 3.8) is 0 Å². The highest BCUT2D eigenvalue weighted by molar-refractivity contribution is 5.80. The van der Waals surface area contributed by atoms with Gasteiger partial charge in [-0.15, -0.1) is 0 Å². The molecule has 0 aromatic carbocycles. The molecule has 0 aromatic rings. The van der Waals surface area contributed by atoms with Crippen molar-refractivity contribution in [3.8, 4) is 0 Å². The van der Waals surface area contributed by atoms with Crippen LogP contribution in [0.25, 0.3) is 0 Å². The minimum absolute atomic E-state index is 0.146. The number of nitrogens with zero attached hydrogens (tertiary/aromatic N) is 3. The summed E-state index contributed by atoms with van der Waals surface area (Å²) in [5.74, 6) is 0.988. The molecule has 0 spiro atoms. The summed E-state index contributed by atoms with van der Waals surface area (Å²) >= 11 is 0. The van der Waals surface area contributed by atoms with Gasteiger partial charge in [0.25, 0.3) is 0 Å². The molecule has 2 aliphatic heterocycles. The average Bonchev–Trinajstić information content (AvgIpc) is 2.52. The van der Waals surface area contributed by atoms with Crippen LogP contribution in [0.15, 0.2) is 4.99 Å². The maximum atomic E-state index is 9.65. The van der Waals surface area contributed by atoms with Gasteiger partial charge in [0, 0.05) is 38.3 Å². The molecule has 2 saturated heterocycles. The fourth-order valence-electron chi connectivity index (χ4n) is 3.22. The Kier molecular flexibility index (Phi) is 6.92. The first kappa shape index (κ1) is 17.5. The Morgan fingerprint density at radius 1 is 1.36 bits per heavy atom. The number of guanidine groups is 1. The lowest BCUT2D eigenvalue weighted by Gasteiger charge is -2.37. The number of ether oxygens (including phenoxy) is 1. The summed E-state index contributed by atoms with van der Waals surface area (Å²) in [4.78, 5) is 9.59. The number of likely N-dealkylation sites (tertiary alicyclic amines) is 1. The molecule has 128 valence electrons. The third-order valence-electron chi connectivity index (χ3n) is 4.59. The molecule has 0 aliphatic carbocycles. The molecule has 0 radical (unpaired) electrons. The second kappa shape index (κ2) is 8.70. The number of aliphatic imine (C=N–C) groups is 1. The highest BCUT2D eigenvalue weighted by Gasteiger charge is 2.24. The Morgan fingerprint density at radius 2 is 2.09 bits per heavy atom. The lowest BCUT2D eigenvalue weighted by atomic mass is 10.1. The zero-order chi connectivity index (χ0) is 15.9. The van der Waals surface area contributed by atoms with Crippen LogP contribution in [0.3, 0.4) is 0 Å². The van der Waals surface area contributed by atoms with Gasteiger partial charge in [0.2, 0.25) is 0 Å². The Labute approximate surface area is 134 Å². The fourth-order valence-corrected chi connectivity index (χ4v) is 3.22. The standard InChI is InChI=1S/C16H32N4O2/c1-4-17-16(19-7-5-15(21)6-8-19)18-11-13(2)20-9-10-22-12-14(20)3/h13-15,21H,4-12H2,1-3H3,(H,17,18).